The van der Waals surface area contributed by atoms with Crippen LogP contribution >= 0.6 is 12.4 Å². The molecule has 1 unspecified atom stereocenters. The molecule has 0 bridgehead atoms. The molecule has 4 nitrogen and oxygen atoms in total. The highest BCUT2D eigenvalue weighted by Crippen LogP contribution is 2.14. The Morgan fingerprint density at radius 3 is 2.31 bits per heavy atom. The van der Waals surface area contributed by atoms with Crippen LogP contribution in [-0.4, -0.2) is 30.2 Å². The van der Waals surface area contributed by atoms with E-state index in [-0.39, 0.29) is 24.9 Å². The Balaban J connectivity index is 0. The van der Waals surface area contributed by atoms with Gasteiger partial charge in [-0.3, -0.25) is 4.79 Å². The van der Waals surface area contributed by atoms with Crippen molar-refractivity contribution in [1.29, 1.82) is 0 Å². The van der Waals surface area contributed by atoms with E-state index in [1.165, 1.54) is 0 Å². The number of aliphatic hydroxyl groups is 1. The Morgan fingerprint density at radius 1 is 1.38 bits per heavy atom. The monoisotopic (exact) mass is 252 g/mol. The van der Waals surface area contributed by atoms with Gasteiger partial charge in [0.05, 0.1) is 6.04 Å². The number of aliphatic hydroxyl groups excluding tert-OH is 1. The number of hydrogen-bond donors (Lipinski definition) is 3. The van der Waals surface area contributed by atoms with Crippen molar-refractivity contribution in [3.63, 3.8) is 0 Å². The third-order valence-electron chi connectivity index (χ3n) is 2.32. The SMILES string of the molecule is CC(C)CC(CCO)CNC(=O)[C@H](C)N.Cl. The maximum absolute atomic E-state index is 11.2. The molecule has 2 atom stereocenters. The molecule has 0 radical (unpaired) electrons. The van der Waals surface area contributed by atoms with Crippen LogP contribution in [0.4, 0.5) is 0 Å². The molecule has 1 amide bonds. The first kappa shape index (κ1) is 18.1. The van der Waals surface area contributed by atoms with Gasteiger partial charge in [-0.1, -0.05) is 13.8 Å². The number of nitrogens with two attached hydrogens (primary N) is 1. The smallest absolute Gasteiger partial charge is 0.236 e. The fourth-order valence-electron chi connectivity index (χ4n) is 1.56. The Labute approximate surface area is 104 Å². The Bertz CT molecular complexity index is 187. The largest absolute Gasteiger partial charge is 0.396 e. The third kappa shape index (κ3) is 8.95. The van der Waals surface area contributed by atoms with Gasteiger partial charge in [0.15, 0.2) is 0 Å². The van der Waals surface area contributed by atoms with Crippen LogP contribution in [0.3, 0.4) is 0 Å². The minimum absolute atomic E-state index is 0. The molecule has 0 aliphatic heterocycles. The van der Waals surface area contributed by atoms with Crippen LogP contribution < -0.4 is 11.1 Å². The van der Waals surface area contributed by atoms with E-state index < -0.39 is 6.04 Å². The Kier molecular flexibility index (Phi) is 11.1. The summed E-state index contributed by atoms with van der Waals surface area (Å²) in [5.74, 6) is 0.799. The lowest BCUT2D eigenvalue weighted by molar-refractivity contribution is -0.122. The second-order valence-electron chi connectivity index (χ2n) is 4.54. The number of amides is 1. The van der Waals surface area contributed by atoms with Gasteiger partial charge in [0.25, 0.3) is 0 Å². The van der Waals surface area contributed by atoms with Crippen molar-refractivity contribution in [1.82, 2.24) is 5.32 Å². The van der Waals surface area contributed by atoms with E-state index in [0.717, 1.165) is 12.8 Å². The average molecular weight is 253 g/mol. The molecule has 5 heteroatoms. The number of hydrogen-bond acceptors (Lipinski definition) is 3. The molecule has 0 aliphatic carbocycles. The Morgan fingerprint density at radius 2 is 1.94 bits per heavy atom. The molecule has 0 saturated carbocycles. The predicted octanol–water partition coefficient (Wildman–Crippen LogP) is 0.916. The fourth-order valence-corrected chi connectivity index (χ4v) is 1.56. The van der Waals surface area contributed by atoms with Crippen LogP contribution in [0.1, 0.15) is 33.6 Å². The van der Waals surface area contributed by atoms with E-state index in [1.54, 1.807) is 6.92 Å². The molecule has 16 heavy (non-hydrogen) atoms. The van der Waals surface area contributed by atoms with Crippen molar-refractivity contribution in [2.24, 2.45) is 17.6 Å². The molecule has 0 heterocycles. The molecule has 4 N–H and O–H groups in total. The van der Waals surface area contributed by atoms with Crippen molar-refractivity contribution in [3.05, 3.63) is 0 Å². The second-order valence-corrected chi connectivity index (χ2v) is 4.54. The molecule has 0 aromatic carbocycles. The summed E-state index contributed by atoms with van der Waals surface area (Å²) < 4.78 is 0. The summed E-state index contributed by atoms with van der Waals surface area (Å²) in [6, 6.07) is -0.459. The zero-order chi connectivity index (χ0) is 11.8. The Hall–Kier alpha value is -0.320. The van der Waals surface area contributed by atoms with Gasteiger partial charge in [0.2, 0.25) is 5.91 Å². The summed E-state index contributed by atoms with van der Waals surface area (Å²) in [6.07, 6.45) is 1.75. The molecule has 0 aromatic heterocycles. The minimum Gasteiger partial charge on any atom is -0.396 e. The highest BCUT2D eigenvalue weighted by atomic mass is 35.5. The molecule has 0 saturated heterocycles. The number of carbonyl (C=O) groups excluding carboxylic acids is 1. The summed E-state index contributed by atoms with van der Waals surface area (Å²) in [5.41, 5.74) is 5.44. The van der Waals surface area contributed by atoms with Crippen LogP contribution in [0.2, 0.25) is 0 Å². The van der Waals surface area contributed by atoms with Gasteiger partial charge in [0, 0.05) is 13.2 Å². The van der Waals surface area contributed by atoms with Crippen LogP contribution in [0, 0.1) is 11.8 Å². The molecule has 0 rings (SSSR count). The first-order valence-corrected chi connectivity index (χ1v) is 5.61. The molecule has 0 aliphatic rings. The molecular weight excluding hydrogens is 228 g/mol. The normalized spacial score (nSPS) is 14.1. The molecule has 0 aromatic rings. The van der Waals surface area contributed by atoms with Crippen LogP contribution in [0.25, 0.3) is 0 Å². The summed E-state index contributed by atoms with van der Waals surface area (Å²) >= 11 is 0. The highest BCUT2D eigenvalue weighted by molar-refractivity contribution is 5.85. The summed E-state index contributed by atoms with van der Waals surface area (Å²) in [6.45, 7) is 6.72. The zero-order valence-electron chi connectivity index (χ0n) is 10.4. The summed E-state index contributed by atoms with van der Waals surface area (Å²) in [4.78, 5) is 11.2. The van der Waals surface area contributed by atoms with Crippen LogP contribution in [0.15, 0.2) is 0 Å². The van der Waals surface area contributed by atoms with E-state index in [0.29, 0.717) is 18.4 Å². The van der Waals surface area contributed by atoms with Crippen LogP contribution in [0.5, 0.6) is 0 Å². The van der Waals surface area contributed by atoms with Gasteiger partial charge in [-0.2, -0.15) is 0 Å². The topological polar surface area (TPSA) is 75.3 Å². The van der Waals surface area contributed by atoms with Crippen LogP contribution in [-0.2, 0) is 4.79 Å². The first-order chi connectivity index (χ1) is 6.97. The predicted molar refractivity (Wildman–Crippen MR) is 68.6 cm³/mol. The highest BCUT2D eigenvalue weighted by Gasteiger charge is 2.13. The van der Waals surface area contributed by atoms with Gasteiger partial charge in [0.1, 0.15) is 0 Å². The zero-order valence-corrected chi connectivity index (χ0v) is 11.2. The lowest BCUT2D eigenvalue weighted by Crippen LogP contribution is -2.40. The lowest BCUT2D eigenvalue weighted by Gasteiger charge is -2.19. The molecule has 98 valence electrons. The molecule has 0 spiro atoms. The van der Waals surface area contributed by atoms with Gasteiger partial charge in [-0.25, -0.2) is 0 Å². The number of nitrogens with one attached hydrogen (secondary N) is 1. The van der Waals surface area contributed by atoms with Crippen molar-refractivity contribution in [2.75, 3.05) is 13.2 Å². The molecule has 0 fully saturated rings. The second kappa shape index (κ2) is 9.87. The van der Waals surface area contributed by atoms with Gasteiger partial charge >= 0.3 is 0 Å². The van der Waals surface area contributed by atoms with Gasteiger partial charge < -0.3 is 16.2 Å². The van der Waals surface area contributed by atoms with Crippen molar-refractivity contribution < 1.29 is 9.90 Å². The van der Waals surface area contributed by atoms with Crippen molar-refractivity contribution >= 4 is 18.3 Å². The number of rotatable bonds is 7. The maximum atomic E-state index is 11.2. The van der Waals surface area contributed by atoms with Crippen molar-refractivity contribution in [2.45, 2.75) is 39.7 Å². The average Bonchev–Trinajstić information content (AvgIpc) is 2.13. The lowest BCUT2D eigenvalue weighted by atomic mass is 9.94. The first-order valence-electron chi connectivity index (χ1n) is 5.61. The van der Waals surface area contributed by atoms with Gasteiger partial charge in [-0.05, 0) is 31.6 Å². The van der Waals surface area contributed by atoms with E-state index in [1.807, 2.05) is 0 Å². The van der Waals surface area contributed by atoms with E-state index in [2.05, 4.69) is 19.2 Å². The van der Waals surface area contributed by atoms with E-state index in [9.17, 15) is 4.79 Å². The summed E-state index contributed by atoms with van der Waals surface area (Å²) in [7, 11) is 0. The van der Waals surface area contributed by atoms with E-state index in [4.69, 9.17) is 10.8 Å². The standard InChI is InChI=1S/C11H24N2O2.ClH/c1-8(2)6-10(4-5-14)7-13-11(15)9(3)12;/h8-10,14H,4-7,12H2,1-3H3,(H,13,15);1H/t9-,10?;/m0./s1. The fraction of sp³-hybridized carbons (Fsp3) is 0.909. The molecular formula is C11H25ClN2O2. The minimum atomic E-state index is -0.459. The van der Waals surface area contributed by atoms with Crippen molar-refractivity contribution in [3.8, 4) is 0 Å². The summed E-state index contributed by atoms with van der Waals surface area (Å²) in [5, 5.41) is 11.7. The maximum Gasteiger partial charge on any atom is 0.236 e. The third-order valence-corrected chi connectivity index (χ3v) is 2.32. The van der Waals surface area contributed by atoms with Gasteiger partial charge in [-0.15, -0.1) is 12.4 Å². The van der Waals surface area contributed by atoms with E-state index >= 15 is 0 Å². The quantitative estimate of drug-likeness (QED) is 0.631. The number of halogens is 1. The number of carbonyl (C=O) groups is 1.